The van der Waals surface area contributed by atoms with Gasteiger partial charge in [-0.3, -0.25) is 4.79 Å². The van der Waals surface area contributed by atoms with Crippen molar-refractivity contribution in [2.75, 3.05) is 40.1 Å². The Morgan fingerprint density at radius 1 is 0.935 bits per heavy atom. The number of amides is 1. The molecule has 0 spiro atoms. The van der Waals surface area contributed by atoms with Gasteiger partial charge < -0.3 is 27.0 Å². The normalized spacial score (nSPS) is 13.6. The summed E-state index contributed by atoms with van der Waals surface area (Å²) in [7, 11) is 0. The number of anilines is 5. The van der Waals surface area contributed by atoms with E-state index in [9.17, 15) is 4.79 Å². The first-order chi connectivity index (χ1) is 15.1. The van der Waals surface area contributed by atoms with Gasteiger partial charge in [0.25, 0.3) is 5.91 Å². The zero-order valence-corrected chi connectivity index (χ0v) is 17.2. The van der Waals surface area contributed by atoms with Crippen LogP contribution in [0.2, 0.25) is 0 Å². The molecule has 1 aliphatic heterocycles. The zero-order valence-electron chi connectivity index (χ0n) is 17.2. The van der Waals surface area contributed by atoms with Crippen molar-refractivity contribution in [2.45, 2.75) is 25.8 Å². The molecule has 160 valence electrons. The van der Waals surface area contributed by atoms with E-state index in [0.29, 0.717) is 35.4 Å². The summed E-state index contributed by atoms with van der Waals surface area (Å²) in [6, 6.07) is 14.5. The number of nitrogens with one attached hydrogen (secondary N) is 2. The largest absolute Gasteiger partial charge is 0.397 e. The molecular weight excluding hydrogens is 392 g/mol. The van der Waals surface area contributed by atoms with Gasteiger partial charge in [-0.05, 0) is 49.1 Å². The molecule has 9 nitrogen and oxygen atoms in total. The van der Waals surface area contributed by atoms with Crippen LogP contribution in [0, 0.1) is 0 Å². The first-order valence-electron chi connectivity index (χ1n) is 10.3. The van der Waals surface area contributed by atoms with Crippen LogP contribution in [0.3, 0.4) is 0 Å². The van der Waals surface area contributed by atoms with Gasteiger partial charge in [-0.2, -0.15) is 15.0 Å². The van der Waals surface area contributed by atoms with Gasteiger partial charge in [0, 0.05) is 25.2 Å². The van der Waals surface area contributed by atoms with Crippen molar-refractivity contribution in [1.82, 2.24) is 15.0 Å². The molecule has 0 radical (unpaired) electrons. The maximum Gasteiger partial charge on any atom is 0.255 e. The number of nitrogens with two attached hydrogens (primary N) is 2. The Hall–Kier alpha value is -3.88. The summed E-state index contributed by atoms with van der Waals surface area (Å²) in [5, 5.41) is 6.01. The molecule has 1 amide bonds. The van der Waals surface area contributed by atoms with Gasteiger partial charge in [0.05, 0.1) is 11.4 Å². The molecule has 0 unspecified atom stereocenters. The monoisotopic (exact) mass is 418 g/mol. The molecular formula is C22H26N8O. The number of piperidine rings is 1. The first kappa shape index (κ1) is 20.4. The summed E-state index contributed by atoms with van der Waals surface area (Å²) in [5.74, 6) is 1.04. The van der Waals surface area contributed by atoms with E-state index in [-0.39, 0.29) is 11.9 Å². The van der Waals surface area contributed by atoms with Crippen LogP contribution < -0.4 is 27.0 Å². The smallest absolute Gasteiger partial charge is 0.255 e. The fourth-order valence-electron chi connectivity index (χ4n) is 3.46. The Morgan fingerprint density at radius 3 is 2.42 bits per heavy atom. The van der Waals surface area contributed by atoms with Crippen molar-refractivity contribution in [1.29, 1.82) is 0 Å². The van der Waals surface area contributed by atoms with Gasteiger partial charge in [0.2, 0.25) is 17.8 Å². The van der Waals surface area contributed by atoms with Crippen molar-refractivity contribution in [3.8, 4) is 0 Å². The van der Waals surface area contributed by atoms with Gasteiger partial charge in [0.15, 0.2) is 0 Å². The third kappa shape index (κ3) is 5.19. The second-order valence-corrected chi connectivity index (χ2v) is 7.46. The van der Waals surface area contributed by atoms with Crippen LogP contribution in [0.5, 0.6) is 0 Å². The van der Waals surface area contributed by atoms with Crippen LogP contribution in [0.15, 0.2) is 48.5 Å². The Kier molecular flexibility index (Phi) is 6.11. The summed E-state index contributed by atoms with van der Waals surface area (Å²) in [6.45, 7) is 2.36. The van der Waals surface area contributed by atoms with Crippen molar-refractivity contribution in [3.63, 3.8) is 0 Å². The third-order valence-corrected chi connectivity index (χ3v) is 5.16. The van der Waals surface area contributed by atoms with E-state index in [1.54, 1.807) is 24.3 Å². The average molecular weight is 419 g/mol. The van der Waals surface area contributed by atoms with Crippen molar-refractivity contribution in [3.05, 3.63) is 59.7 Å². The Balaban J connectivity index is 1.38. The minimum absolute atomic E-state index is 0.199. The molecule has 6 N–H and O–H groups in total. The van der Waals surface area contributed by atoms with Crippen molar-refractivity contribution in [2.24, 2.45) is 0 Å². The quantitative estimate of drug-likeness (QED) is 0.449. The van der Waals surface area contributed by atoms with Gasteiger partial charge in [0.1, 0.15) is 0 Å². The number of aromatic nitrogens is 3. The minimum atomic E-state index is -0.214. The second-order valence-electron chi connectivity index (χ2n) is 7.46. The fraction of sp³-hybridized carbons (Fsp3) is 0.273. The van der Waals surface area contributed by atoms with Crippen LogP contribution in [0.25, 0.3) is 0 Å². The molecule has 0 bridgehead atoms. The van der Waals surface area contributed by atoms with Gasteiger partial charge >= 0.3 is 0 Å². The van der Waals surface area contributed by atoms with Crippen molar-refractivity contribution < 1.29 is 4.79 Å². The standard InChI is InChI=1S/C22H26N8O/c23-17-6-2-3-7-18(17)26-19(31)16-10-8-15(9-11-16)14-25-21-27-20(24)28-22(29-21)30-12-4-1-5-13-30/h2-3,6-11H,1,4-5,12-14,23H2,(H,26,31)(H3,24,25,27,28,29). The molecule has 4 rings (SSSR count). The molecule has 0 atom stereocenters. The van der Waals surface area contributed by atoms with E-state index in [2.05, 4.69) is 30.5 Å². The molecule has 1 fully saturated rings. The zero-order chi connectivity index (χ0) is 21.6. The van der Waals surface area contributed by atoms with E-state index < -0.39 is 0 Å². The lowest BCUT2D eigenvalue weighted by Gasteiger charge is -2.26. The maximum absolute atomic E-state index is 12.5. The Morgan fingerprint density at radius 2 is 1.68 bits per heavy atom. The van der Waals surface area contributed by atoms with Crippen LogP contribution in [0.1, 0.15) is 35.2 Å². The van der Waals surface area contributed by atoms with E-state index >= 15 is 0 Å². The lowest BCUT2D eigenvalue weighted by atomic mass is 10.1. The predicted molar refractivity (Wildman–Crippen MR) is 123 cm³/mol. The molecule has 3 aromatic rings. The molecule has 31 heavy (non-hydrogen) atoms. The molecule has 2 aromatic carbocycles. The van der Waals surface area contributed by atoms with Crippen LogP contribution >= 0.6 is 0 Å². The highest BCUT2D eigenvalue weighted by Crippen LogP contribution is 2.19. The number of hydrogen-bond donors (Lipinski definition) is 4. The fourth-order valence-corrected chi connectivity index (χ4v) is 3.46. The van der Waals surface area contributed by atoms with E-state index in [1.807, 2.05) is 24.3 Å². The number of nitrogens with zero attached hydrogens (tertiary/aromatic N) is 4. The summed E-state index contributed by atoms with van der Waals surface area (Å²) in [6.07, 6.45) is 3.49. The minimum Gasteiger partial charge on any atom is -0.397 e. The highest BCUT2D eigenvalue weighted by atomic mass is 16.1. The lowest BCUT2D eigenvalue weighted by molar-refractivity contribution is 0.102. The Labute approximate surface area is 180 Å². The number of nitrogen functional groups attached to an aromatic ring is 2. The highest BCUT2D eigenvalue weighted by Gasteiger charge is 2.15. The van der Waals surface area contributed by atoms with E-state index in [0.717, 1.165) is 31.5 Å². The second kappa shape index (κ2) is 9.29. The SMILES string of the molecule is Nc1nc(NCc2ccc(C(=O)Nc3ccccc3N)cc2)nc(N2CCCCC2)n1. The summed E-state index contributed by atoms with van der Waals surface area (Å²) in [5.41, 5.74) is 14.4. The summed E-state index contributed by atoms with van der Waals surface area (Å²) < 4.78 is 0. The van der Waals surface area contributed by atoms with Crippen LogP contribution in [0.4, 0.5) is 29.2 Å². The molecule has 1 aromatic heterocycles. The number of carbonyl (C=O) groups is 1. The number of hydrogen-bond acceptors (Lipinski definition) is 8. The Bertz CT molecular complexity index is 1050. The number of benzene rings is 2. The van der Waals surface area contributed by atoms with Gasteiger partial charge in [-0.25, -0.2) is 0 Å². The predicted octanol–water partition coefficient (Wildman–Crippen LogP) is 2.89. The van der Waals surface area contributed by atoms with Crippen LogP contribution in [-0.4, -0.2) is 33.9 Å². The van der Waals surface area contributed by atoms with E-state index in [1.165, 1.54) is 6.42 Å². The topological polar surface area (TPSA) is 135 Å². The third-order valence-electron chi connectivity index (χ3n) is 5.16. The number of para-hydroxylation sites is 2. The van der Waals surface area contributed by atoms with Crippen molar-refractivity contribution >= 4 is 35.1 Å². The van der Waals surface area contributed by atoms with Gasteiger partial charge in [-0.1, -0.05) is 24.3 Å². The average Bonchev–Trinajstić information content (AvgIpc) is 2.80. The first-order valence-corrected chi connectivity index (χ1v) is 10.3. The number of rotatable bonds is 6. The molecule has 0 aliphatic carbocycles. The number of carbonyl (C=O) groups excluding carboxylic acids is 1. The van der Waals surface area contributed by atoms with E-state index in [4.69, 9.17) is 11.5 Å². The lowest BCUT2D eigenvalue weighted by Crippen LogP contribution is -2.31. The maximum atomic E-state index is 12.5. The van der Waals surface area contributed by atoms with Gasteiger partial charge in [-0.15, -0.1) is 0 Å². The molecule has 2 heterocycles. The molecule has 0 saturated carbocycles. The highest BCUT2D eigenvalue weighted by molar-refractivity contribution is 6.05. The molecule has 1 aliphatic rings. The molecule has 9 heteroatoms. The van der Waals surface area contributed by atoms with Crippen LogP contribution in [-0.2, 0) is 6.54 Å². The molecule has 1 saturated heterocycles. The summed E-state index contributed by atoms with van der Waals surface area (Å²) >= 11 is 0. The summed E-state index contributed by atoms with van der Waals surface area (Å²) in [4.78, 5) is 27.6.